The van der Waals surface area contributed by atoms with E-state index < -0.39 is 16.3 Å². The Hall–Kier alpha value is -0.460. The molecule has 0 aromatic heterocycles. The highest BCUT2D eigenvalue weighted by Crippen LogP contribution is 2.40. The highest BCUT2D eigenvalue weighted by Gasteiger charge is 2.50. The average molecular weight is 287 g/mol. The summed E-state index contributed by atoms with van der Waals surface area (Å²) in [6.45, 7) is 6.35. The van der Waals surface area contributed by atoms with Crippen LogP contribution in [0.4, 0.5) is 0 Å². The lowest BCUT2D eigenvalue weighted by Crippen LogP contribution is -2.65. The van der Waals surface area contributed by atoms with Crippen LogP contribution >= 0.6 is 0 Å². The molecule has 5 nitrogen and oxygen atoms in total. The third kappa shape index (κ3) is 3.55. The van der Waals surface area contributed by atoms with E-state index in [2.05, 4.69) is 10.2 Å². The summed E-state index contributed by atoms with van der Waals surface area (Å²) in [5.74, 6) is 1.54. The van der Waals surface area contributed by atoms with Gasteiger partial charge in [-0.2, -0.15) is 0 Å². The van der Waals surface area contributed by atoms with Crippen LogP contribution in [0.25, 0.3) is 0 Å². The van der Waals surface area contributed by atoms with Crippen LogP contribution in [-0.2, 0) is 15.6 Å². The highest BCUT2D eigenvalue weighted by molar-refractivity contribution is 7.85. The van der Waals surface area contributed by atoms with Crippen molar-refractivity contribution in [3.63, 3.8) is 0 Å². The molecule has 1 amide bonds. The molecule has 0 aromatic rings. The van der Waals surface area contributed by atoms with Crippen molar-refractivity contribution in [1.29, 1.82) is 0 Å². The Labute approximate surface area is 117 Å². The van der Waals surface area contributed by atoms with Gasteiger partial charge in [0.1, 0.15) is 5.54 Å². The average Bonchev–Trinajstić information content (AvgIpc) is 3.14. The summed E-state index contributed by atoms with van der Waals surface area (Å²) >= 11 is 0. The molecule has 0 spiro atoms. The van der Waals surface area contributed by atoms with Crippen LogP contribution in [0.15, 0.2) is 0 Å². The number of carbonyl (C=O) groups excluding carboxylic acids is 1. The number of nitrogens with two attached hydrogens (primary N) is 1. The predicted octanol–water partition coefficient (Wildman–Crippen LogP) is -0.317. The first-order valence-electron chi connectivity index (χ1n) is 7.09. The number of primary amides is 1. The summed E-state index contributed by atoms with van der Waals surface area (Å²) in [4.78, 5) is 14.3. The Morgan fingerprint density at radius 2 is 2.00 bits per heavy atom. The lowest BCUT2D eigenvalue weighted by Gasteiger charge is -2.39. The van der Waals surface area contributed by atoms with Crippen molar-refractivity contribution in [2.75, 3.05) is 31.1 Å². The normalized spacial score (nSPS) is 25.4. The van der Waals surface area contributed by atoms with Gasteiger partial charge in [0.2, 0.25) is 5.91 Å². The first-order chi connectivity index (χ1) is 8.94. The van der Waals surface area contributed by atoms with Crippen molar-refractivity contribution in [2.45, 2.75) is 38.3 Å². The molecule has 1 heterocycles. The van der Waals surface area contributed by atoms with Crippen molar-refractivity contribution >= 4 is 16.7 Å². The van der Waals surface area contributed by atoms with E-state index in [9.17, 15) is 9.00 Å². The van der Waals surface area contributed by atoms with E-state index in [0.717, 1.165) is 25.9 Å². The fourth-order valence-electron chi connectivity index (χ4n) is 2.92. The highest BCUT2D eigenvalue weighted by atomic mass is 32.2. The molecule has 1 aliphatic heterocycles. The predicted molar refractivity (Wildman–Crippen MR) is 77.2 cm³/mol. The van der Waals surface area contributed by atoms with E-state index in [1.807, 2.05) is 13.8 Å². The first-order valence-corrected chi connectivity index (χ1v) is 8.58. The minimum absolute atomic E-state index is 0.229. The molecule has 3 N–H and O–H groups in total. The second-order valence-electron chi connectivity index (χ2n) is 6.03. The van der Waals surface area contributed by atoms with Crippen LogP contribution in [0.2, 0.25) is 0 Å². The summed E-state index contributed by atoms with van der Waals surface area (Å²) in [5, 5.41) is 3.42. The SMILES string of the molecule is CC(C)NC(CN1CCS(=O)CC1)(C(N)=O)C1CC1. The van der Waals surface area contributed by atoms with Crippen LogP contribution in [0.1, 0.15) is 26.7 Å². The third-order valence-electron chi connectivity index (χ3n) is 4.00. The third-order valence-corrected chi connectivity index (χ3v) is 5.28. The molecule has 0 bridgehead atoms. The molecular weight excluding hydrogens is 262 g/mol. The topological polar surface area (TPSA) is 75.4 Å². The maximum Gasteiger partial charge on any atom is 0.239 e. The minimum atomic E-state index is -0.684. The maximum atomic E-state index is 12.0. The van der Waals surface area contributed by atoms with Gasteiger partial charge in [0, 0.05) is 48.0 Å². The molecule has 2 aliphatic rings. The van der Waals surface area contributed by atoms with Gasteiger partial charge >= 0.3 is 0 Å². The standard InChI is InChI=1S/C13H25N3O2S/c1-10(2)15-13(12(14)17,11-3-4-11)9-16-5-7-19(18)8-6-16/h10-11,15H,3-9H2,1-2H3,(H2,14,17). The number of rotatable bonds is 6. The molecular formula is C13H25N3O2S. The summed E-state index contributed by atoms with van der Waals surface area (Å²) in [5.41, 5.74) is 5.11. The Morgan fingerprint density at radius 3 is 2.42 bits per heavy atom. The molecule has 0 radical (unpaired) electrons. The Morgan fingerprint density at radius 1 is 1.42 bits per heavy atom. The van der Waals surface area contributed by atoms with Crippen molar-refractivity contribution in [1.82, 2.24) is 10.2 Å². The molecule has 1 unspecified atom stereocenters. The van der Waals surface area contributed by atoms with E-state index in [-0.39, 0.29) is 11.9 Å². The van der Waals surface area contributed by atoms with Crippen LogP contribution in [-0.4, -0.2) is 57.7 Å². The fraction of sp³-hybridized carbons (Fsp3) is 0.923. The number of hydrogen-bond donors (Lipinski definition) is 2. The van der Waals surface area contributed by atoms with Gasteiger partial charge in [0.05, 0.1) is 0 Å². The van der Waals surface area contributed by atoms with Gasteiger partial charge in [0.15, 0.2) is 0 Å². The van der Waals surface area contributed by atoms with Crippen molar-refractivity contribution in [3.8, 4) is 0 Å². The second kappa shape index (κ2) is 5.89. The van der Waals surface area contributed by atoms with Crippen LogP contribution < -0.4 is 11.1 Å². The van der Waals surface area contributed by atoms with E-state index in [4.69, 9.17) is 5.73 Å². The van der Waals surface area contributed by atoms with Gasteiger partial charge in [-0.05, 0) is 32.6 Å². The zero-order valence-corrected chi connectivity index (χ0v) is 12.7. The zero-order valence-electron chi connectivity index (χ0n) is 11.9. The van der Waals surface area contributed by atoms with Gasteiger partial charge in [0.25, 0.3) is 0 Å². The Bertz CT molecular complexity index is 361. The van der Waals surface area contributed by atoms with Gasteiger partial charge in [-0.3, -0.25) is 19.2 Å². The monoisotopic (exact) mass is 287 g/mol. The van der Waals surface area contributed by atoms with E-state index >= 15 is 0 Å². The summed E-state index contributed by atoms with van der Waals surface area (Å²) < 4.78 is 11.4. The lowest BCUT2D eigenvalue weighted by molar-refractivity contribution is -0.126. The van der Waals surface area contributed by atoms with E-state index in [1.54, 1.807) is 0 Å². The van der Waals surface area contributed by atoms with Gasteiger partial charge in [-0.15, -0.1) is 0 Å². The summed E-state index contributed by atoms with van der Waals surface area (Å²) in [6, 6.07) is 0.229. The van der Waals surface area contributed by atoms with Crippen LogP contribution in [0.5, 0.6) is 0 Å². The van der Waals surface area contributed by atoms with Crippen LogP contribution in [0.3, 0.4) is 0 Å². The number of nitrogens with zero attached hydrogens (tertiary/aromatic N) is 1. The molecule has 6 heteroatoms. The number of amides is 1. The number of hydrogen-bond acceptors (Lipinski definition) is 4. The largest absolute Gasteiger partial charge is 0.368 e. The number of carbonyl (C=O) groups is 1. The molecule has 1 atom stereocenters. The maximum absolute atomic E-state index is 12.0. The second-order valence-corrected chi connectivity index (χ2v) is 7.73. The molecule has 1 aliphatic carbocycles. The summed E-state index contributed by atoms with van der Waals surface area (Å²) in [7, 11) is -0.684. The molecule has 1 saturated carbocycles. The first kappa shape index (κ1) is 14.9. The quantitative estimate of drug-likeness (QED) is 0.702. The molecule has 0 aromatic carbocycles. The molecule has 2 fully saturated rings. The molecule has 2 rings (SSSR count). The van der Waals surface area contributed by atoms with Crippen molar-refractivity contribution in [2.24, 2.45) is 11.7 Å². The Kier molecular flexibility index (Phi) is 4.63. The smallest absolute Gasteiger partial charge is 0.239 e. The van der Waals surface area contributed by atoms with E-state index in [0.29, 0.717) is 24.0 Å². The van der Waals surface area contributed by atoms with Crippen LogP contribution in [0, 0.1) is 5.92 Å². The minimum Gasteiger partial charge on any atom is -0.368 e. The van der Waals surface area contributed by atoms with Gasteiger partial charge < -0.3 is 5.73 Å². The van der Waals surface area contributed by atoms with Crippen molar-refractivity contribution in [3.05, 3.63) is 0 Å². The van der Waals surface area contributed by atoms with Gasteiger partial charge in [-0.1, -0.05) is 0 Å². The van der Waals surface area contributed by atoms with Crippen molar-refractivity contribution < 1.29 is 9.00 Å². The lowest BCUT2D eigenvalue weighted by atomic mass is 9.90. The molecule has 19 heavy (non-hydrogen) atoms. The number of nitrogens with one attached hydrogen (secondary N) is 1. The summed E-state index contributed by atoms with van der Waals surface area (Å²) in [6.07, 6.45) is 2.14. The van der Waals surface area contributed by atoms with E-state index in [1.165, 1.54) is 0 Å². The van der Waals surface area contributed by atoms with Gasteiger partial charge in [-0.25, -0.2) is 0 Å². The molecule has 1 saturated heterocycles. The molecule has 110 valence electrons. The zero-order chi connectivity index (χ0) is 14.0. The Balaban J connectivity index is 2.08. The fourth-order valence-corrected chi connectivity index (χ4v) is 4.05.